The Balaban J connectivity index is 2.28. The Hall–Kier alpha value is -3.21. The van der Waals surface area contributed by atoms with Gasteiger partial charge in [0, 0.05) is 36.5 Å². The number of aliphatic hydroxyl groups excluding tert-OH is 4. The molecular formula is C27H33N2O10S2+. The zero-order valence-electron chi connectivity index (χ0n) is 22.0. The average Bonchev–Trinajstić information content (AvgIpc) is 2.93. The van der Waals surface area contributed by atoms with Crippen LogP contribution in [0.5, 0.6) is 0 Å². The minimum Gasteiger partial charge on any atom is -0.395 e. The van der Waals surface area contributed by atoms with Gasteiger partial charge in [-0.05, 0) is 53.1 Å². The van der Waals surface area contributed by atoms with Crippen molar-refractivity contribution in [2.24, 2.45) is 0 Å². The molecule has 222 valence electrons. The van der Waals surface area contributed by atoms with Gasteiger partial charge in [-0.3, -0.25) is 9.11 Å². The Morgan fingerprint density at radius 1 is 0.707 bits per heavy atom. The molecule has 0 unspecified atom stereocenters. The summed E-state index contributed by atoms with van der Waals surface area (Å²) in [7, 11) is -9.76. The minimum absolute atomic E-state index is 0.0365. The summed E-state index contributed by atoms with van der Waals surface area (Å²) in [6.45, 7) is 0.472. The Morgan fingerprint density at radius 2 is 1.27 bits per heavy atom. The van der Waals surface area contributed by atoms with Crippen LogP contribution in [-0.4, -0.2) is 109 Å². The molecule has 6 N–H and O–H groups in total. The van der Waals surface area contributed by atoms with Crippen LogP contribution in [0.25, 0.3) is 5.57 Å². The second-order valence-electron chi connectivity index (χ2n) is 8.95. The third kappa shape index (κ3) is 8.18. The van der Waals surface area contributed by atoms with E-state index in [0.29, 0.717) is 34.2 Å². The monoisotopic (exact) mass is 609 g/mol. The lowest BCUT2D eigenvalue weighted by atomic mass is 9.90. The van der Waals surface area contributed by atoms with E-state index >= 15 is 0 Å². The maximum Gasteiger partial charge on any atom is 0.295 e. The summed E-state index contributed by atoms with van der Waals surface area (Å²) in [6.07, 6.45) is 6.76. The average molecular weight is 610 g/mol. The molecule has 0 aliphatic heterocycles. The minimum atomic E-state index is -4.97. The lowest BCUT2D eigenvalue weighted by Gasteiger charge is -2.23. The van der Waals surface area contributed by atoms with E-state index < -0.39 is 30.0 Å². The Bertz CT molecular complexity index is 1540. The zero-order chi connectivity index (χ0) is 30.2. The summed E-state index contributed by atoms with van der Waals surface area (Å²) in [6, 6.07) is 9.64. The zero-order valence-corrected chi connectivity index (χ0v) is 23.7. The molecule has 0 saturated carbocycles. The molecule has 2 aromatic carbocycles. The van der Waals surface area contributed by atoms with Crippen molar-refractivity contribution in [2.75, 3.05) is 57.5 Å². The van der Waals surface area contributed by atoms with Crippen molar-refractivity contribution in [3.8, 4) is 0 Å². The van der Waals surface area contributed by atoms with E-state index in [-0.39, 0.29) is 58.2 Å². The second kappa shape index (κ2) is 14.1. The molecule has 0 aromatic heterocycles. The van der Waals surface area contributed by atoms with Gasteiger partial charge in [0.1, 0.15) is 18.1 Å². The normalized spacial score (nSPS) is 13.5. The number of anilines is 1. The van der Waals surface area contributed by atoms with Crippen LogP contribution in [0.2, 0.25) is 0 Å². The lowest BCUT2D eigenvalue weighted by molar-refractivity contribution is -0.530. The molecule has 0 fully saturated rings. The van der Waals surface area contributed by atoms with Gasteiger partial charge in [-0.15, -0.1) is 0 Å². The Morgan fingerprint density at radius 3 is 1.73 bits per heavy atom. The van der Waals surface area contributed by atoms with Gasteiger partial charge in [-0.25, -0.2) is 4.58 Å². The highest BCUT2D eigenvalue weighted by Crippen LogP contribution is 2.35. The molecule has 1 aliphatic carbocycles. The van der Waals surface area contributed by atoms with Crippen molar-refractivity contribution in [3.63, 3.8) is 0 Å². The summed E-state index contributed by atoms with van der Waals surface area (Å²) in [4.78, 5) is 0.297. The van der Waals surface area contributed by atoms with Crippen molar-refractivity contribution >= 4 is 37.2 Å². The maximum atomic E-state index is 12.4. The smallest absolute Gasteiger partial charge is 0.295 e. The third-order valence-corrected chi connectivity index (χ3v) is 8.06. The Labute approximate surface area is 238 Å². The fourth-order valence-electron chi connectivity index (χ4n) is 4.46. The first kappa shape index (κ1) is 32.3. The molecule has 14 heteroatoms. The maximum absolute atomic E-state index is 12.4. The number of allylic oxidation sites excluding steroid dienone is 5. The number of nitrogens with zero attached hydrogens (tertiary/aromatic N) is 2. The third-order valence-electron chi connectivity index (χ3n) is 6.32. The number of benzene rings is 2. The van der Waals surface area contributed by atoms with Crippen molar-refractivity contribution < 1.29 is 50.9 Å². The summed E-state index contributed by atoms with van der Waals surface area (Å²) in [5.41, 5.74) is 2.59. The lowest BCUT2D eigenvalue weighted by Crippen LogP contribution is -2.29. The molecule has 12 nitrogen and oxygen atoms in total. The highest BCUT2D eigenvalue weighted by atomic mass is 32.2. The van der Waals surface area contributed by atoms with Crippen molar-refractivity contribution in [1.82, 2.24) is 0 Å². The van der Waals surface area contributed by atoms with Gasteiger partial charge in [-0.1, -0.05) is 18.2 Å². The molecule has 0 saturated heterocycles. The molecule has 0 amide bonds. The van der Waals surface area contributed by atoms with Crippen LogP contribution in [-0.2, 0) is 20.2 Å². The van der Waals surface area contributed by atoms with Crippen molar-refractivity contribution in [2.45, 2.75) is 9.79 Å². The van der Waals surface area contributed by atoms with E-state index in [1.54, 1.807) is 58.0 Å². The van der Waals surface area contributed by atoms with E-state index in [4.69, 9.17) is 0 Å². The quantitative estimate of drug-likeness (QED) is 0.135. The van der Waals surface area contributed by atoms with Gasteiger partial charge in [0.15, 0.2) is 18.8 Å². The van der Waals surface area contributed by atoms with Crippen LogP contribution >= 0.6 is 0 Å². The number of rotatable bonds is 13. The van der Waals surface area contributed by atoms with Crippen LogP contribution in [0, 0.1) is 0 Å². The molecule has 0 atom stereocenters. The van der Waals surface area contributed by atoms with Gasteiger partial charge in [0.25, 0.3) is 20.2 Å². The molecule has 1 aliphatic rings. The Kier molecular flexibility index (Phi) is 11.1. The summed E-state index contributed by atoms with van der Waals surface area (Å²) >= 11 is 0. The molecule has 0 heterocycles. The van der Waals surface area contributed by atoms with E-state index in [2.05, 4.69) is 0 Å². The van der Waals surface area contributed by atoms with E-state index in [0.717, 1.165) is 6.07 Å². The molecule has 0 spiro atoms. The predicted molar refractivity (Wildman–Crippen MR) is 152 cm³/mol. The first-order chi connectivity index (χ1) is 19.4. The fourth-order valence-corrected chi connectivity index (χ4v) is 5.77. The van der Waals surface area contributed by atoms with Crippen LogP contribution in [0.15, 0.2) is 82.1 Å². The van der Waals surface area contributed by atoms with Gasteiger partial charge in [-0.2, -0.15) is 16.8 Å². The van der Waals surface area contributed by atoms with Crippen LogP contribution in [0.1, 0.15) is 11.1 Å². The standard InChI is InChI=1S/C27H32N2O10S2/c30-15-11-28(12-16-31)22-5-1-20(2-6-22)27(21-3-7-23(8-4-21)29(13-17-32)14-18-33)25-10-9-24(40(34,35)36)19-26(25)41(37,38)39/h1-10,19,30-33H,11-18H2,(H-,34,35,36,37,38,39)/p+1. The number of aliphatic hydroxyl groups is 4. The molecule has 41 heavy (non-hydrogen) atoms. The van der Waals surface area contributed by atoms with Crippen LogP contribution < -0.4 is 4.90 Å². The molecule has 3 rings (SSSR count). The van der Waals surface area contributed by atoms with E-state index in [9.17, 15) is 46.4 Å². The van der Waals surface area contributed by atoms with E-state index in [1.165, 1.54) is 6.07 Å². The second-order valence-corrected chi connectivity index (χ2v) is 11.8. The van der Waals surface area contributed by atoms with E-state index in [1.807, 2.05) is 0 Å². The van der Waals surface area contributed by atoms with Crippen molar-refractivity contribution in [1.29, 1.82) is 0 Å². The molecule has 2 aromatic rings. The predicted octanol–water partition coefficient (Wildman–Crippen LogP) is 0.337. The van der Waals surface area contributed by atoms with Gasteiger partial charge in [0.05, 0.1) is 18.1 Å². The number of hydrogen-bond donors (Lipinski definition) is 6. The summed E-state index contributed by atoms with van der Waals surface area (Å²) in [5.74, 6) is 0. The fraction of sp³-hybridized carbons (Fsp3) is 0.296. The van der Waals surface area contributed by atoms with Crippen LogP contribution in [0.3, 0.4) is 0 Å². The SMILES string of the molecule is O=S(=O)(O)c1ccc(C(=C2C=CC(=[N+](CCO)CCO)C=C2)c2ccc(N(CCO)CCO)cc2)c(S(=O)(=O)O)c1. The van der Waals surface area contributed by atoms with Gasteiger partial charge >= 0.3 is 0 Å². The van der Waals surface area contributed by atoms with Crippen LogP contribution in [0.4, 0.5) is 5.69 Å². The van der Waals surface area contributed by atoms with Gasteiger partial charge < -0.3 is 25.3 Å². The molecule has 0 bridgehead atoms. The molecule has 0 radical (unpaired) electrons. The first-order valence-corrected chi connectivity index (χ1v) is 15.4. The highest BCUT2D eigenvalue weighted by Gasteiger charge is 2.25. The largest absolute Gasteiger partial charge is 0.395 e. The topological polar surface area (TPSA) is 196 Å². The summed E-state index contributed by atoms with van der Waals surface area (Å²) in [5, 5.41) is 37.5. The first-order valence-electron chi connectivity index (χ1n) is 12.5. The van der Waals surface area contributed by atoms with Gasteiger partial charge in [0.2, 0.25) is 0 Å². The summed E-state index contributed by atoms with van der Waals surface area (Å²) < 4.78 is 69.6. The molecular weight excluding hydrogens is 576 g/mol. The number of hydrogen-bond acceptors (Lipinski definition) is 9. The highest BCUT2D eigenvalue weighted by molar-refractivity contribution is 7.86. The van der Waals surface area contributed by atoms with Crippen molar-refractivity contribution in [3.05, 3.63) is 83.5 Å².